The Morgan fingerprint density at radius 2 is 1.77 bits per heavy atom. The van der Waals surface area contributed by atoms with Crippen molar-refractivity contribution in [1.29, 1.82) is 0 Å². The maximum Gasteiger partial charge on any atom is 0.191 e. The Morgan fingerprint density at radius 3 is 2.55 bits per heavy atom. The molecule has 3 heterocycles. The summed E-state index contributed by atoms with van der Waals surface area (Å²) in [6, 6.07) is 15.6. The molecule has 31 heavy (non-hydrogen) atoms. The van der Waals surface area contributed by atoms with Crippen molar-refractivity contribution in [1.82, 2.24) is 19.7 Å². The standard InChI is InChI=1S/C24H26N4O2S/c29-22-16-19-8-3-2-7-18(19)15-21(22)23-25-26-24(28(23)17-20-9-6-13-30-20)31-14-12-27-10-4-1-5-11-27/h2-3,6-9,13,15-16,29H,1,4-5,10-12,14,17H2. The topological polar surface area (TPSA) is 67.3 Å². The summed E-state index contributed by atoms with van der Waals surface area (Å²) in [5.41, 5.74) is 0.681. The summed E-state index contributed by atoms with van der Waals surface area (Å²) in [7, 11) is 0. The lowest BCUT2D eigenvalue weighted by atomic mass is 10.1. The lowest BCUT2D eigenvalue weighted by Gasteiger charge is -2.25. The van der Waals surface area contributed by atoms with Crippen molar-refractivity contribution in [3.8, 4) is 17.1 Å². The summed E-state index contributed by atoms with van der Waals surface area (Å²) in [5.74, 6) is 2.65. The average molecular weight is 435 g/mol. The highest BCUT2D eigenvalue weighted by Gasteiger charge is 2.19. The molecule has 0 radical (unpaired) electrons. The molecule has 1 N–H and O–H groups in total. The molecule has 2 aromatic carbocycles. The molecule has 7 heteroatoms. The van der Waals surface area contributed by atoms with Crippen LogP contribution in [0.4, 0.5) is 0 Å². The Morgan fingerprint density at radius 1 is 0.968 bits per heavy atom. The summed E-state index contributed by atoms with van der Waals surface area (Å²) >= 11 is 1.71. The van der Waals surface area contributed by atoms with Crippen LogP contribution in [0.5, 0.6) is 5.75 Å². The summed E-state index contributed by atoms with van der Waals surface area (Å²) in [6.07, 6.45) is 5.62. The highest BCUT2D eigenvalue weighted by atomic mass is 32.2. The third-order valence-electron chi connectivity index (χ3n) is 5.80. The number of aromatic nitrogens is 3. The van der Waals surface area contributed by atoms with Gasteiger partial charge in [0.15, 0.2) is 11.0 Å². The van der Waals surface area contributed by atoms with Crippen LogP contribution in [0, 0.1) is 0 Å². The molecule has 1 saturated heterocycles. The number of likely N-dealkylation sites (tertiary alicyclic amines) is 1. The Hall–Kier alpha value is -2.77. The van der Waals surface area contributed by atoms with Gasteiger partial charge < -0.3 is 14.4 Å². The number of benzene rings is 2. The predicted molar refractivity (Wildman–Crippen MR) is 123 cm³/mol. The SMILES string of the molecule is Oc1cc2ccccc2cc1-c1nnc(SCCN2CCCCC2)n1Cc1ccco1. The van der Waals surface area contributed by atoms with Crippen LogP contribution in [0.2, 0.25) is 0 Å². The third kappa shape index (κ3) is 4.48. The fraction of sp³-hybridized carbons (Fsp3) is 0.333. The molecular formula is C24H26N4O2S. The number of furan rings is 1. The normalized spacial score (nSPS) is 15.0. The van der Waals surface area contributed by atoms with E-state index in [0.29, 0.717) is 17.9 Å². The van der Waals surface area contributed by atoms with E-state index in [-0.39, 0.29) is 5.75 Å². The van der Waals surface area contributed by atoms with Crippen molar-refractivity contribution in [2.24, 2.45) is 0 Å². The monoisotopic (exact) mass is 434 g/mol. The van der Waals surface area contributed by atoms with Gasteiger partial charge in [0.2, 0.25) is 0 Å². The van der Waals surface area contributed by atoms with Crippen molar-refractivity contribution in [3.05, 3.63) is 60.6 Å². The molecule has 0 spiro atoms. The fourth-order valence-electron chi connectivity index (χ4n) is 4.15. The van der Waals surface area contributed by atoms with Crippen molar-refractivity contribution in [3.63, 3.8) is 0 Å². The molecule has 0 amide bonds. The number of hydrogen-bond donors (Lipinski definition) is 1. The van der Waals surface area contributed by atoms with E-state index in [9.17, 15) is 5.11 Å². The molecule has 4 aromatic rings. The average Bonchev–Trinajstić information content (AvgIpc) is 3.45. The molecule has 0 bridgehead atoms. The van der Waals surface area contributed by atoms with Crippen molar-refractivity contribution >= 4 is 22.5 Å². The number of phenolic OH excluding ortho intramolecular Hbond substituents is 1. The van der Waals surface area contributed by atoms with Crippen LogP contribution in [0.15, 0.2) is 64.4 Å². The zero-order chi connectivity index (χ0) is 21.0. The van der Waals surface area contributed by atoms with E-state index in [1.807, 2.05) is 47.0 Å². The lowest BCUT2D eigenvalue weighted by molar-refractivity contribution is 0.242. The largest absolute Gasteiger partial charge is 0.507 e. The van der Waals surface area contributed by atoms with E-state index in [4.69, 9.17) is 4.42 Å². The van der Waals surface area contributed by atoms with Crippen LogP contribution in [0.1, 0.15) is 25.0 Å². The molecule has 5 rings (SSSR count). The predicted octanol–water partition coefficient (Wildman–Crippen LogP) is 5.02. The Bertz CT molecular complexity index is 1150. The van der Waals surface area contributed by atoms with Gasteiger partial charge >= 0.3 is 0 Å². The summed E-state index contributed by atoms with van der Waals surface area (Å²) in [5, 5.41) is 22.6. The Balaban J connectivity index is 1.45. The lowest BCUT2D eigenvalue weighted by Crippen LogP contribution is -2.31. The van der Waals surface area contributed by atoms with E-state index in [2.05, 4.69) is 15.1 Å². The first-order chi connectivity index (χ1) is 15.3. The second-order valence-electron chi connectivity index (χ2n) is 7.94. The van der Waals surface area contributed by atoms with Gasteiger partial charge in [0.1, 0.15) is 11.5 Å². The number of nitrogens with zero attached hydrogens (tertiary/aromatic N) is 4. The molecule has 0 unspecified atom stereocenters. The number of phenols is 1. The van der Waals surface area contributed by atoms with E-state index in [1.54, 1.807) is 24.1 Å². The fourth-order valence-corrected chi connectivity index (χ4v) is 5.09. The zero-order valence-corrected chi connectivity index (χ0v) is 18.2. The number of rotatable bonds is 7. The molecule has 0 saturated carbocycles. The first-order valence-corrected chi connectivity index (χ1v) is 11.8. The number of hydrogen-bond acceptors (Lipinski definition) is 6. The van der Waals surface area contributed by atoms with Gasteiger partial charge in [0.05, 0.1) is 18.4 Å². The number of fused-ring (bicyclic) bond motifs is 1. The minimum atomic E-state index is 0.205. The van der Waals surface area contributed by atoms with Crippen LogP contribution in [-0.4, -0.2) is 50.2 Å². The highest BCUT2D eigenvalue weighted by Crippen LogP contribution is 2.34. The first-order valence-electron chi connectivity index (χ1n) is 10.8. The van der Waals surface area contributed by atoms with Crippen LogP contribution in [-0.2, 0) is 6.54 Å². The second-order valence-corrected chi connectivity index (χ2v) is 9.00. The molecule has 1 fully saturated rings. The van der Waals surface area contributed by atoms with Crippen LogP contribution in [0.25, 0.3) is 22.2 Å². The number of aromatic hydroxyl groups is 1. The highest BCUT2D eigenvalue weighted by molar-refractivity contribution is 7.99. The van der Waals surface area contributed by atoms with Gasteiger partial charge in [-0.2, -0.15) is 0 Å². The minimum absolute atomic E-state index is 0.205. The number of piperidine rings is 1. The van der Waals surface area contributed by atoms with Gasteiger partial charge in [0, 0.05) is 12.3 Å². The quantitative estimate of drug-likeness (QED) is 0.412. The van der Waals surface area contributed by atoms with Crippen LogP contribution < -0.4 is 0 Å². The molecule has 2 aromatic heterocycles. The molecule has 6 nitrogen and oxygen atoms in total. The summed E-state index contributed by atoms with van der Waals surface area (Å²) in [4.78, 5) is 2.53. The van der Waals surface area contributed by atoms with Gasteiger partial charge in [-0.3, -0.25) is 4.57 Å². The van der Waals surface area contributed by atoms with Crippen LogP contribution in [0.3, 0.4) is 0 Å². The smallest absolute Gasteiger partial charge is 0.191 e. The van der Waals surface area contributed by atoms with Gasteiger partial charge in [-0.15, -0.1) is 10.2 Å². The first kappa shape index (κ1) is 20.2. The Labute approximate surface area is 185 Å². The minimum Gasteiger partial charge on any atom is -0.507 e. The maximum absolute atomic E-state index is 10.7. The third-order valence-corrected chi connectivity index (χ3v) is 6.75. The van der Waals surface area contributed by atoms with Gasteiger partial charge in [-0.05, 0) is 61.0 Å². The van der Waals surface area contributed by atoms with E-state index in [1.165, 1.54) is 32.4 Å². The summed E-state index contributed by atoms with van der Waals surface area (Å²) < 4.78 is 7.64. The van der Waals surface area contributed by atoms with E-state index in [0.717, 1.165) is 34.0 Å². The molecule has 160 valence electrons. The Kier molecular flexibility index (Phi) is 5.95. The molecule has 1 aliphatic heterocycles. The second kappa shape index (κ2) is 9.16. The van der Waals surface area contributed by atoms with Crippen molar-refractivity contribution in [2.75, 3.05) is 25.4 Å². The zero-order valence-electron chi connectivity index (χ0n) is 17.4. The van der Waals surface area contributed by atoms with Gasteiger partial charge in [0.25, 0.3) is 0 Å². The van der Waals surface area contributed by atoms with E-state index >= 15 is 0 Å². The van der Waals surface area contributed by atoms with Crippen molar-refractivity contribution in [2.45, 2.75) is 31.0 Å². The van der Waals surface area contributed by atoms with Crippen molar-refractivity contribution < 1.29 is 9.52 Å². The number of thioether (sulfide) groups is 1. The molecular weight excluding hydrogens is 408 g/mol. The molecule has 0 aliphatic carbocycles. The maximum atomic E-state index is 10.7. The van der Waals surface area contributed by atoms with Gasteiger partial charge in [-0.1, -0.05) is 42.4 Å². The molecule has 1 aliphatic rings. The molecule has 0 atom stereocenters. The van der Waals surface area contributed by atoms with Crippen LogP contribution >= 0.6 is 11.8 Å². The van der Waals surface area contributed by atoms with Gasteiger partial charge in [-0.25, -0.2) is 0 Å². The summed E-state index contributed by atoms with van der Waals surface area (Å²) in [6.45, 7) is 3.95. The van der Waals surface area contributed by atoms with E-state index < -0.39 is 0 Å².